The van der Waals surface area contributed by atoms with Crippen molar-refractivity contribution in [3.05, 3.63) is 203 Å². The van der Waals surface area contributed by atoms with Crippen molar-refractivity contribution in [3.63, 3.8) is 0 Å². The lowest BCUT2D eigenvalue weighted by Gasteiger charge is -2.34. The second-order valence-corrected chi connectivity index (χ2v) is 47.2. The average Bonchev–Trinajstić information content (AvgIpc) is 1.39. The van der Waals surface area contributed by atoms with Crippen LogP contribution in [0, 0.1) is 74.9 Å². The van der Waals surface area contributed by atoms with E-state index in [-0.39, 0.29) is 151 Å². The number of nitrogens with one attached hydrogen (secondary N) is 6. The SMILES string of the molecule is C.C.C=C1C=C(C(C)(C)C)C(=O)N1.C=C1C=CN(C(C)(C)C)C=C1O.C=C1CC(C(C)(C)C)C(=O)N1.C=C1CC(C(C)(C)C)C(=O)N1.C=C1N=C(C(C)(C)C)C(=O)N1.C=C1NC(=O)C(C(C)(C)C)O1.C=C1NC(=O)C(C(C)(C)C)S1.CC(=O)N(O)C(C)(C)C.CC(C)(C)C1C(=O)C(O)=C1O.CN(O)C(=O)C(C)(C)C.Cc1ccc(C(C)(C)C)cc1.Cc1ccc(C(C)(C)C)cc1Cl. The second kappa shape index (κ2) is 50.5. The fourth-order valence-electron chi connectivity index (χ4n) is 11.9. The molecule has 2 aromatic carbocycles. The first kappa shape index (κ1) is 129. The molecule has 0 bridgehead atoms. The highest BCUT2D eigenvalue weighted by Gasteiger charge is 2.47. The molecular weight excluding hydrogens is 1710 g/mol. The lowest BCUT2D eigenvalue weighted by Crippen LogP contribution is -2.41. The number of aliphatic imine (C=N–C) groups is 1. The van der Waals surface area contributed by atoms with E-state index in [1.807, 2.05) is 107 Å². The van der Waals surface area contributed by atoms with Crippen molar-refractivity contribution in [2.24, 2.45) is 66.1 Å². The zero-order valence-electron chi connectivity index (χ0n) is 86.5. The number of aryl methyl sites for hydroxylation is 2. The van der Waals surface area contributed by atoms with Gasteiger partial charge in [0.15, 0.2) is 17.7 Å². The Morgan fingerprint density at radius 3 is 1.17 bits per heavy atom. The number of carbonyl (C=O) groups excluding carboxylic acids is 9. The summed E-state index contributed by atoms with van der Waals surface area (Å²) >= 11 is 7.55. The molecule has 0 aromatic heterocycles. The first-order chi connectivity index (χ1) is 57.8. The number of allylic oxidation sites excluding steroid dienone is 6. The number of hydroxylamine groups is 4. The molecule has 27 heteroatoms. The number of amides is 8. The van der Waals surface area contributed by atoms with E-state index in [2.05, 4.69) is 257 Å². The molecule has 4 saturated heterocycles. The normalized spacial score (nSPS) is 18.8. The van der Waals surface area contributed by atoms with Crippen LogP contribution in [-0.4, -0.2) is 129 Å². The van der Waals surface area contributed by atoms with Gasteiger partial charge in [0.25, 0.3) is 23.6 Å². The summed E-state index contributed by atoms with van der Waals surface area (Å²) in [5.41, 5.74) is 8.53. The zero-order chi connectivity index (χ0) is 103. The molecule has 0 spiro atoms. The smallest absolute Gasteiger partial charge is 0.271 e. The summed E-state index contributed by atoms with van der Waals surface area (Å²) in [5, 5.41) is 63.7. The highest BCUT2D eigenvalue weighted by molar-refractivity contribution is 8.04. The Morgan fingerprint density at radius 2 is 0.977 bits per heavy atom. The Morgan fingerprint density at radius 1 is 0.538 bits per heavy atom. The van der Waals surface area contributed by atoms with Crippen LogP contribution in [0.25, 0.3) is 0 Å². The van der Waals surface area contributed by atoms with Gasteiger partial charge in [-0.05, 0) is 148 Å². The van der Waals surface area contributed by atoms with E-state index in [0.29, 0.717) is 38.8 Å². The molecule has 132 heavy (non-hydrogen) atoms. The topological polar surface area (TPSA) is 358 Å². The number of aliphatic hydroxyl groups is 3. The van der Waals surface area contributed by atoms with Gasteiger partial charge in [-0.3, -0.25) is 58.9 Å². The molecule has 4 fully saturated rings. The minimum atomic E-state index is -0.512. The van der Waals surface area contributed by atoms with Crippen LogP contribution in [0.3, 0.4) is 0 Å². The van der Waals surface area contributed by atoms with Crippen molar-refractivity contribution in [1.82, 2.24) is 46.9 Å². The molecule has 746 valence electrons. The van der Waals surface area contributed by atoms with E-state index < -0.39 is 28.7 Å². The van der Waals surface area contributed by atoms with Gasteiger partial charge in [-0.2, -0.15) is 0 Å². The van der Waals surface area contributed by atoms with Gasteiger partial charge in [-0.1, -0.05) is 327 Å². The number of hydrogen-bond donors (Lipinski definition) is 11. The lowest BCUT2D eigenvalue weighted by atomic mass is 9.70. The Labute approximate surface area is 804 Å². The van der Waals surface area contributed by atoms with Crippen molar-refractivity contribution in [2.75, 3.05) is 7.05 Å². The van der Waals surface area contributed by atoms with Gasteiger partial charge in [0.05, 0.1) is 21.7 Å². The number of thioether (sulfide) groups is 1. The summed E-state index contributed by atoms with van der Waals surface area (Å²) in [6.07, 6.45) is 8.42. The van der Waals surface area contributed by atoms with Crippen LogP contribution in [-0.2, 0) is 58.7 Å². The van der Waals surface area contributed by atoms with E-state index in [4.69, 9.17) is 37.0 Å². The van der Waals surface area contributed by atoms with Gasteiger partial charge >= 0.3 is 0 Å². The second-order valence-electron chi connectivity index (χ2n) is 45.6. The third-order valence-electron chi connectivity index (χ3n) is 19.9. The van der Waals surface area contributed by atoms with Crippen LogP contribution < -0.4 is 31.9 Å². The Bertz CT molecular complexity index is 4350. The number of ether oxygens (including phenoxy) is 1. The highest BCUT2D eigenvalue weighted by Crippen LogP contribution is 2.42. The largest absolute Gasteiger partial charge is 0.508 e. The van der Waals surface area contributed by atoms with Crippen molar-refractivity contribution in [3.8, 4) is 0 Å². The summed E-state index contributed by atoms with van der Waals surface area (Å²) in [7, 11) is 1.33. The van der Waals surface area contributed by atoms with Crippen LogP contribution in [0.2, 0.25) is 5.02 Å². The molecule has 8 amide bonds. The molecule has 0 saturated carbocycles. The summed E-state index contributed by atoms with van der Waals surface area (Å²) < 4.78 is 5.18. The monoisotopic (exact) mass is 1880 g/mol. The van der Waals surface area contributed by atoms with Crippen LogP contribution in [0.1, 0.15) is 306 Å². The van der Waals surface area contributed by atoms with Crippen molar-refractivity contribution in [1.29, 1.82) is 0 Å². The minimum absolute atomic E-state index is 0. The van der Waals surface area contributed by atoms with Crippen LogP contribution in [0.5, 0.6) is 0 Å². The van der Waals surface area contributed by atoms with Crippen LogP contribution in [0.4, 0.5) is 0 Å². The van der Waals surface area contributed by atoms with Gasteiger partial charge in [0.2, 0.25) is 29.4 Å². The third-order valence-corrected chi connectivity index (χ3v) is 21.8. The standard InChI is InChI=1S/C11H15Cl.C11H16.C10H15NO.2C9H15NO.C9H13NO.C8H12N2O.C8H13NO2.C8H13NOS.C8H12O3.2C6H13NO2.2CH4/c1-8-5-6-9(7-10(8)12)11(2,3)4;1-9-5-7-10(8-6-9)11(2,3)4;1-8-5-6-11(7-9(8)12)10(2,3)4;3*1-6-5-7(8(11)10-6)9(2,3)4;1-5-9-6(7(11)10-5)8(2,3)4;2*1-5-9-7(10)6(11-5)8(2,3)4;1-8(2,3)4-5(9)7(11)6(4)10;1-6(2,3)5(8)7(4)9;1-5(8)7(9)6(2,3)4;;/h5-7H,1-4H3;5-8H,1-4H3;5-7,12H,1H2,2-4H3;2*7H,1,5H2,2-4H3,(H,10,11);5H,1H2,2-4H3,(H,10,11);1H2,2-4H3,(H,10,11);2*6H,1H2,2-4H3,(H,9,10);4,9,11H,1-3H3;2*9H,1-4H3;2*1H4. The summed E-state index contributed by atoms with van der Waals surface area (Å²) in [5.74, 6) is -0.729. The average molecular weight is 1880 g/mol. The van der Waals surface area contributed by atoms with Gasteiger partial charge in [0.1, 0.15) is 23.1 Å². The number of rotatable bonds is 0. The van der Waals surface area contributed by atoms with Crippen LogP contribution >= 0.6 is 23.4 Å². The minimum Gasteiger partial charge on any atom is -0.508 e. The van der Waals surface area contributed by atoms with Gasteiger partial charge in [-0.25, -0.2) is 15.1 Å². The third kappa shape index (κ3) is 45.3. The molecule has 1 aliphatic carbocycles. The quantitative estimate of drug-likeness (QED) is 0.0862. The predicted octanol–water partition coefficient (Wildman–Crippen LogP) is 23.3. The van der Waals surface area contributed by atoms with E-state index in [1.165, 1.54) is 42.4 Å². The number of nitrogens with zero attached hydrogens (tertiary/aromatic N) is 4. The molecule has 0 radical (unpaired) electrons. The highest BCUT2D eigenvalue weighted by atomic mass is 35.5. The molecule has 5 unspecified atom stereocenters. The molecule has 7 aliphatic heterocycles. The number of carbonyl (C=O) groups is 9. The Kier molecular flexibility index (Phi) is 49.2. The zero-order valence-corrected chi connectivity index (χ0v) is 88.1. The number of ketones is 1. The first-order valence-electron chi connectivity index (χ1n) is 43.5. The van der Waals surface area contributed by atoms with E-state index in [9.17, 15) is 48.3 Å². The fourth-order valence-corrected chi connectivity index (χ4v) is 13.1. The van der Waals surface area contributed by atoms with E-state index in [1.54, 1.807) is 53.8 Å². The molecule has 2 aromatic rings. The number of hydrogen-bond acceptors (Lipinski definition) is 18. The van der Waals surface area contributed by atoms with Gasteiger partial charge in [-0.15, -0.1) is 0 Å². The molecule has 25 nitrogen and oxygen atoms in total. The van der Waals surface area contributed by atoms with Crippen molar-refractivity contribution < 1.29 is 73.6 Å². The maximum Gasteiger partial charge on any atom is 0.271 e. The van der Waals surface area contributed by atoms with Gasteiger partial charge < -0.3 is 51.5 Å². The Balaban J connectivity index is -0.000000677. The summed E-state index contributed by atoms with van der Waals surface area (Å²) in [6, 6.07) is 15.0. The molecular formula is C105H173ClN10O15S. The number of halogens is 1. The van der Waals surface area contributed by atoms with Crippen LogP contribution in [0.15, 0.2) is 180 Å². The first-order valence-corrected chi connectivity index (χ1v) is 44.8. The van der Waals surface area contributed by atoms with Crippen molar-refractivity contribution in [2.45, 2.75) is 331 Å². The molecule has 11 N–H and O–H groups in total. The molecule has 7 heterocycles. The molecule has 10 rings (SSSR count). The molecule has 5 atom stereocenters. The summed E-state index contributed by atoms with van der Waals surface area (Å²) in [6.45, 7) is 103. The van der Waals surface area contributed by atoms with E-state index >= 15 is 0 Å². The fraction of sp³-hybridized carbons (Fsp3) is 0.581. The molecule has 8 aliphatic rings. The van der Waals surface area contributed by atoms with E-state index in [0.717, 1.165) is 45.4 Å². The van der Waals surface area contributed by atoms with Gasteiger partial charge in [0, 0.05) is 93.3 Å². The van der Waals surface area contributed by atoms with Crippen molar-refractivity contribution >= 4 is 82.1 Å². The number of benzene rings is 2. The maximum atomic E-state index is 11.3. The lowest BCUT2D eigenvalue weighted by molar-refractivity contribution is -0.184. The summed E-state index contributed by atoms with van der Waals surface area (Å²) in [4.78, 5) is 105. The maximum absolute atomic E-state index is 11.3. The number of aliphatic hydroxyl groups excluding tert-OH is 3. The predicted molar refractivity (Wildman–Crippen MR) is 546 cm³/mol. The Hall–Kier alpha value is -9.76. The number of Topliss-reactive ketones (excluding diaryl/α,β-unsaturated/α-hetero) is 1.